The van der Waals surface area contributed by atoms with Crippen LogP contribution in [0.25, 0.3) is 6.08 Å². The number of nitrogens with one attached hydrogen (secondary N) is 1. The van der Waals surface area contributed by atoms with Crippen molar-refractivity contribution in [3.63, 3.8) is 0 Å². The first kappa shape index (κ1) is 22.5. The highest BCUT2D eigenvalue weighted by molar-refractivity contribution is 6.56. The number of hydrogen-bond acceptors (Lipinski definition) is 4. The van der Waals surface area contributed by atoms with Crippen LogP contribution in [0.5, 0.6) is 0 Å². The standard InChI is InChI=1S/C22H34BNO4/c1-15-11-10-12-17(16(15)2)13-18(14-24-19(25)26-20(3,4)5)23-27-21(6,7)22(8,9)28-23/h10-13H,14H2,1-9H3,(H,24,25). The second kappa shape index (κ2) is 7.92. The van der Waals surface area contributed by atoms with Crippen molar-refractivity contribution in [2.45, 2.75) is 79.1 Å². The van der Waals surface area contributed by atoms with Gasteiger partial charge in [-0.05, 0) is 84.5 Å². The molecule has 0 radical (unpaired) electrons. The van der Waals surface area contributed by atoms with Crippen molar-refractivity contribution in [2.75, 3.05) is 6.54 Å². The number of alkyl carbamates (subject to hydrolysis) is 1. The van der Waals surface area contributed by atoms with E-state index < -0.39 is 30.0 Å². The number of carbonyl (C=O) groups is 1. The zero-order valence-corrected chi connectivity index (χ0v) is 18.7. The maximum Gasteiger partial charge on any atom is 0.492 e. The fourth-order valence-corrected chi connectivity index (χ4v) is 2.82. The van der Waals surface area contributed by atoms with Crippen molar-refractivity contribution in [2.24, 2.45) is 0 Å². The van der Waals surface area contributed by atoms with Gasteiger partial charge in [-0.2, -0.15) is 0 Å². The Bertz CT molecular complexity index is 746. The van der Waals surface area contributed by atoms with Gasteiger partial charge in [0, 0.05) is 6.54 Å². The summed E-state index contributed by atoms with van der Waals surface area (Å²) in [7, 11) is -0.542. The summed E-state index contributed by atoms with van der Waals surface area (Å²) in [5, 5.41) is 2.84. The molecule has 6 heteroatoms. The van der Waals surface area contributed by atoms with Crippen molar-refractivity contribution >= 4 is 19.3 Å². The van der Waals surface area contributed by atoms with Gasteiger partial charge in [0.05, 0.1) is 11.2 Å². The van der Waals surface area contributed by atoms with E-state index in [0.717, 1.165) is 11.0 Å². The molecule has 0 bridgehead atoms. The molecule has 2 rings (SSSR count). The lowest BCUT2D eigenvalue weighted by Crippen LogP contribution is -2.41. The van der Waals surface area contributed by atoms with Gasteiger partial charge in [0.2, 0.25) is 0 Å². The van der Waals surface area contributed by atoms with Crippen LogP contribution in [0, 0.1) is 13.8 Å². The molecule has 0 saturated carbocycles. The Kier molecular flexibility index (Phi) is 6.36. The summed E-state index contributed by atoms with van der Waals surface area (Å²) < 4.78 is 17.8. The molecule has 1 aromatic rings. The Morgan fingerprint density at radius 3 is 2.25 bits per heavy atom. The third kappa shape index (κ3) is 5.39. The van der Waals surface area contributed by atoms with Crippen LogP contribution in [0.3, 0.4) is 0 Å². The van der Waals surface area contributed by atoms with Gasteiger partial charge in [0.1, 0.15) is 5.60 Å². The van der Waals surface area contributed by atoms with Crippen molar-refractivity contribution in [3.8, 4) is 0 Å². The molecule has 1 fully saturated rings. The zero-order chi connectivity index (χ0) is 21.3. The highest BCUT2D eigenvalue weighted by Gasteiger charge is 2.52. The molecule has 154 valence electrons. The molecule has 0 aliphatic carbocycles. The van der Waals surface area contributed by atoms with E-state index >= 15 is 0 Å². The fraction of sp³-hybridized carbons (Fsp3) is 0.591. The molecule has 28 heavy (non-hydrogen) atoms. The van der Waals surface area contributed by atoms with Gasteiger partial charge in [0.15, 0.2) is 0 Å². The summed E-state index contributed by atoms with van der Waals surface area (Å²) in [5.41, 5.74) is 2.87. The number of carbonyl (C=O) groups excluding carboxylic acids is 1. The van der Waals surface area contributed by atoms with E-state index in [2.05, 4.69) is 31.3 Å². The Labute approximate surface area is 170 Å². The molecule has 1 aromatic carbocycles. The molecule has 1 heterocycles. The van der Waals surface area contributed by atoms with E-state index in [1.165, 1.54) is 11.1 Å². The second-order valence-electron chi connectivity index (χ2n) is 9.45. The van der Waals surface area contributed by atoms with Gasteiger partial charge in [-0.3, -0.25) is 0 Å². The molecule has 1 saturated heterocycles. The van der Waals surface area contributed by atoms with Crippen LogP contribution in [0.4, 0.5) is 4.79 Å². The van der Waals surface area contributed by atoms with Gasteiger partial charge < -0.3 is 19.4 Å². The fourth-order valence-electron chi connectivity index (χ4n) is 2.82. The quantitative estimate of drug-likeness (QED) is 0.751. The SMILES string of the molecule is Cc1cccc(C=C(CNC(=O)OC(C)(C)C)B2OC(C)(C)C(C)(C)O2)c1C. The molecule has 1 aliphatic heterocycles. The van der Waals surface area contributed by atoms with E-state index in [9.17, 15) is 4.79 Å². The van der Waals surface area contributed by atoms with E-state index in [1.807, 2.05) is 60.6 Å². The number of aryl methyl sites for hydroxylation is 1. The molecule has 0 unspecified atom stereocenters. The lowest BCUT2D eigenvalue weighted by atomic mass is 9.76. The normalized spacial score (nSPS) is 18.9. The van der Waals surface area contributed by atoms with Crippen molar-refractivity contribution in [1.82, 2.24) is 5.32 Å². The zero-order valence-electron chi connectivity index (χ0n) is 18.7. The topological polar surface area (TPSA) is 56.8 Å². The van der Waals surface area contributed by atoms with Crippen LogP contribution in [-0.4, -0.2) is 36.6 Å². The van der Waals surface area contributed by atoms with Gasteiger partial charge in [-0.15, -0.1) is 0 Å². The molecule has 1 aliphatic rings. The lowest BCUT2D eigenvalue weighted by molar-refractivity contribution is 0.00578. The number of rotatable bonds is 4. The van der Waals surface area contributed by atoms with Gasteiger partial charge in [-0.1, -0.05) is 24.3 Å². The van der Waals surface area contributed by atoms with Crippen molar-refractivity contribution in [3.05, 3.63) is 40.4 Å². The number of hydrogen-bond donors (Lipinski definition) is 1. The van der Waals surface area contributed by atoms with Crippen LogP contribution in [0.15, 0.2) is 23.7 Å². The van der Waals surface area contributed by atoms with E-state index in [-0.39, 0.29) is 6.54 Å². The van der Waals surface area contributed by atoms with Crippen LogP contribution in [0.2, 0.25) is 0 Å². The predicted molar refractivity (Wildman–Crippen MR) is 114 cm³/mol. The maximum absolute atomic E-state index is 12.2. The Balaban J connectivity index is 2.30. The van der Waals surface area contributed by atoms with Crippen LogP contribution in [-0.2, 0) is 14.0 Å². The van der Waals surface area contributed by atoms with Gasteiger partial charge in [0.25, 0.3) is 0 Å². The number of benzene rings is 1. The van der Waals surface area contributed by atoms with Gasteiger partial charge >= 0.3 is 13.2 Å². The summed E-state index contributed by atoms with van der Waals surface area (Å²) in [4.78, 5) is 12.2. The van der Waals surface area contributed by atoms with Crippen molar-refractivity contribution < 1.29 is 18.8 Å². The van der Waals surface area contributed by atoms with Gasteiger partial charge in [-0.25, -0.2) is 4.79 Å². The van der Waals surface area contributed by atoms with E-state index in [4.69, 9.17) is 14.0 Å². The largest absolute Gasteiger partial charge is 0.492 e. The summed E-state index contributed by atoms with van der Waals surface area (Å²) in [5.74, 6) is 0. The maximum atomic E-state index is 12.2. The first-order valence-electron chi connectivity index (χ1n) is 9.81. The highest BCUT2D eigenvalue weighted by atomic mass is 16.7. The smallest absolute Gasteiger partial charge is 0.444 e. The molecule has 1 N–H and O–H groups in total. The summed E-state index contributed by atoms with van der Waals surface area (Å²) in [6.45, 7) is 18.0. The molecule has 5 nitrogen and oxygen atoms in total. The summed E-state index contributed by atoms with van der Waals surface area (Å²) in [6, 6.07) is 6.17. The third-order valence-electron chi connectivity index (χ3n) is 5.38. The lowest BCUT2D eigenvalue weighted by Gasteiger charge is -2.32. The minimum Gasteiger partial charge on any atom is -0.444 e. The summed E-state index contributed by atoms with van der Waals surface area (Å²) in [6.07, 6.45) is 1.58. The minimum atomic E-state index is -0.550. The van der Waals surface area contributed by atoms with E-state index in [0.29, 0.717) is 0 Å². The second-order valence-corrected chi connectivity index (χ2v) is 9.45. The summed E-state index contributed by atoms with van der Waals surface area (Å²) >= 11 is 0. The Morgan fingerprint density at radius 1 is 1.14 bits per heavy atom. The average molecular weight is 387 g/mol. The van der Waals surface area contributed by atoms with E-state index in [1.54, 1.807) is 0 Å². The first-order chi connectivity index (χ1) is 12.7. The third-order valence-corrected chi connectivity index (χ3v) is 5.38. The van der Waals surface area contributed by atoms with Crippen molar-refractivity contribution in [1.29, 1.82) is 0 Å². The molecular weight excluding hydrogens is 353 g/mol. The van der Waals surface area contributed by atoms with Crippen LogP contribution < -0.4 is 5.32 Å². The van der Waals surface area contributed by atoms with Crippen LogP contribution >= 0.6 is 0 Å². The Morgan fingerprint density at radius 2 is 1.71 bits per heavy atom. The molecular formula is C22H34BNO4. The Hall–Kier alpha value is -1.79. The molecule has 1 amide bonds. The molecule has 0 aromatic heterocycles. The number of amides is 1. The first-order valence-corrected chi connectivity index (χ1v) is 9.81. The number of ether oxygens (including phenoxy) is 1. The monoisotopic (exact) mass is 387 g/mol. The average Bonchev–Trinajstić information content (AvgIpc) is 2.74. The van der Waals surface area contributed by atoms with Crippen LogP contribution in [0.1, 0.15) is 65.2 Å². The predicted octanol–water partition coefficient (Wildman–Crippen LogP) is 4.84. The highest BCUT2D eigenvalue weighted by Crippen LogP contribution is 2.38. The molecule has 0 atom stereocenters. The molecule has 0 spiro atoms. The minimum absolute atomic E-state index is 0.277.